The number of carbonyl (C=O) groups is 2. The molecule has 2 aromatic rings. The molecule has 0 spiro atoms. The van der Waals surface area contributed by atoms with Gasteiger partial charge in [-0.15, -0.1) is 10.2 Å². The van der Waals surface area contributed by atoms with Gasteiger partial charge in [-0.2, -0.15) is 0 Å². The van der Waals surface area contributed by atoms with Crippen LogP contribution in [0, 0.1) is 0 Å². The van der Waals surface area contributed by atoms with Crippen LogP contribution in [0.5, 0.6) is 5.75 Å². The van der Waals surface area contributed by atoms with Gasteiger partial charge in [-0.1, -0.05) is 12.1 Å². The van der Waals surface area contributed by atoms with Crippen LogP contribution < -0.4 is 26.8 Å². The van der Waals surface area contributed by atoms with E-state index in [1.165, 1.54) is 6.07 Å². The summed E-state index contributed by atoms with van der Waals surface area (Å²) in [6, 6.07) is 9.90. The standard InChI is InChI=1S/C17H21N7O4/c1-2-20-17(26)28-10-27-13-6-4-3-5-11(13)23-24-12-7-8-14(22-16(12)19)21-15(25)9-18/h3-8H,2,9-10,18H2,1H3,(H,20,26)(H3,19,21,22,25)/b24-23+. The van der Waals surface area contributed by atoms with Crippen LogP contribution in [0.3, 0.4) is 0 Å². The van der Waals surface area contributed by atoms with Crippen molar-refractivity contribution in [1.82, 2.24) is 10.3 Å². The Morgan fingerprint density at radius 1 is 1.14 bits per heavy atom. The molecule has 0 unspecified atom stereocenters. The van der Waals surface area contributed by atoms with Crippen molar-refractivity contribution in [3.05, 3.63) is 36.4 Å². The molecule has 0 bridgehead atoms. The van der Waals surface area contributed by atoms with Crippen molar-refractivity contribution >= 4 is 35.0 Å². The molecule has 2 rings (SSSR count). The molecule has 0 radical (unpaired) electrons. The molecule has 28 heavy (non-hydrogen) atoms. The van der Waals surface area contributed by atoms with E-state index in [1.54, 1.807) is 37.3 Å². The first kappa shape index (κ1) is 20.6. The van der Waals surface area contributed by atoms with Crippen LogP contribution in [0.4, 0.5) is 27.8 Å². The van der Waals surface area contributed by atoms with Gasteiger partial charge in [0.2, 0.25) is 12.7 Å². The maximum Gasteiger partial charge on any atom is 0.410 e. The first-order valence-electron chi connectivity index (χ1n) is 8.34. The molecule has 0 fully saturated rings. The largest absolute Gasteiger partial charge is 0.455 e. The van der Waals surface area contributed by atoms with Gasteiger partial charge in [0.1, 0.15) is 17.2 Å². The fourth-order valence-electron chi connectivity index (χ4n) is 1.93. The zero-order valence-electron chi connectivity index (χ0n) is 15.2. The first-order chi connectivity index (χ1) is 13.5. The average Bonchev–Trinajstić information content (AvgIpc) is 2.68. The van der Waals surface area contributed by atoms with Crippen LogP contribution in [-0.4, -0.2) is 36.9 Å². The van der Waals surface area contributed by atoms with E-state index in [0.717, 1.165) is 0 Å². The second-order valence-electron chi connectivity index (χ2n) is 5.25. The van der Waals surface area contributed by atoms with Gasteiger partial charge >= 0.3 is 6.09 Å². The summed E-state index contributed by atoms with van der Waals surface area (Å²) in [6.07, 6.45) is -0.581. The number of benzene rings is 1. The number of nitrogen functional groups attached to an aromatic ring is 1. The predicted molar refractivity (Wildman–Crippen MR) is 103 cm³/mol. The van der Waals surface area contributed by atoms with Crippen LogP contribution in [0.25, 0.3) is 0 Å². The molecule has 148 valence electrons. The molecule has 0 aliphatic rings. The molecule has 11 nitrogen and oxygen atoms in total. The van der Waals surface area contributed by atoms with E-state index in [0.29, 0.717) is 23.7 Å². The topological polar surface area (TPSA) is 166 Å². The summed E-state index contributed by atoms with van der Waals surface area (Å²) in [6.45, 7) is 1.78. The fourth-order valence-corrected chi connectivity index (χ4v) is 1.93. The molecule has 6 N–H and O–H groups in total. The summed E-state index contributed by atoms with van der Waals surface area (Å²) < 4.78 is 10.3. The Morgan fingerprint density at radius 2 is 1.89 bits per heavy atom. The lowest BCUT2D eigenvalue weighted by Gasteiger charge is -2.09. The van der Waals surface area contributed by atoms with Crippen LogP contribution in [-0.2, 0) is 9.53 Å². The van der Waals surface area contributed by atoms with Crippen LogP contribution in [0.15, 0.2) is 46.6 Å². The fraction of sp³-hybridized carbons (Fsp3) is 0.235. The third-order valence-corrected chi connectivity index (χ3v) is 3.21. The summed E-state index contributed by atoms with van der Waals surface area (Å²) in [5.41, 5.74) is 11.8. The summed E-state index contributed by atoms with van der Waals surface area (Å²) in [7, 11) is 0. The molecule has 0 aliphatic heterocycles. The number of nitrogens with one attached hydrogen (secondary N) is 2. The number of hydrogen-bond donors (Lipinski definition) is 4. The molecule has 0 aliphatic carbocycles. The van der Waals surface area contributed by atoms with Crippen LogP contribution >= 0.6 is 0 Å². The highest BCUT2D eigenvalue weighted by Gasteiger charge is 2.07. The highest BCUT2D eigenvalue weighted by molar-refractivity contribution is 5.91. The van der Waals surface area contributed by atoms with Crippen molar-refractivity contribution < 1.29 is 19.1 Å². The van der Waals surface area contributed by atoms with Crippen molar-refractivity contribution in [3.8, 4) is 5.75 Å². The Labute approximate surface area is 161 Å². The minimum Gasteiger partial charge on any atom is -0.455 e. The van der Waals surface area contributed by atoms with Gasteiger partial charge in [0.05, 0.1) is 6.54 Å². The monoisotopic (exact) mass is 387 g/mol. The maximum absolute atomic E-state index is 11.3. The summed E-state index contributed by atoms with van der Waals surface area (Å²) in [5.74, 6) is 0.325. The van der Waals surface area contributed by atoms with E-state index in [9.17, 15) is 9.59 Å². The van der Waals surface area contributed by atoms with Gasteiger partial charge in [0.25, 0.3) is 0 Å². The number of pyridine rings is 1. The second-order valence-corrected chi connectivity index (χ2v) is 5.25. The molecular weight excluding hydrogens is 366 g/mol. The number of carbonyl (C=O) groups excluding carboxylic acids is 2. The van der Waals surface area contributed by atoms with Gasteiger partial charge in [0.15, 0.2) is 11.6 Å². The Balaban J connectivity index is 2.05. The van der Waals surface area contributed by atoms with E-state index in [2.05, 4.69) is 25.8 Å². The molecule has 11 heteroatoms. The molecule has 0 saturated heterocycles. The average molecular weight is 387 g/mol. The SMILES string of the molecule is CCNC(=O)OCOc1ccccc1/N=N/c1ccc(NC(=O)CN)nc1N. The minimum atomic E-state index is -0.581. The zero-order valence-corrected chi connectivity index (χ0v) is 15.2. The third-order valence-electron chi connectivity index (χ3n) is 3.21. The Morgan fingerprint density at radius 3 is 2.61 bits per heavy atom. The number of ether oxygens (including phenoxy) is 2. The molecular formula is C17H21N7O4. The van der Waals surface area contributed by atoms with E-state index >= 15 is 0 Å². The highest BCUT2D eigenvalue weighted by Crippen LogP contribution is 2.30. The van der Waals surface area contributed by atoms with Gasteiger partial charge in [-0.05, 0) is 31.2 Å². The Hall–Kier alpha value is -3.73. The number of aromatic nitrogens is 1. The number of rotatable bonds is 8. The lowest BCUT2D eigenvalue weighted by molar-refractivity contribution is -0.114. The normalized spacial score (nSPS) is 10.5. The predicted octanol–water partition coefficient (Wildman–Crippen LogP) is 2.06. The van der Waals surface area contributed by atoms with E-state index in [-0.39, 0.29) is 30.9 Å². The van der Waals surface area contributed by atoms with Crippen molar-refractivity contribution in [1.29, 1.82) is 0 Å². The number of anilines is 2. The van der Waals surface area contributed by atoms with Crippen LogP contribution in [0.2, 0.25) is 0 Å². The first-order valence-corrected chi connectivity index (χ1v) is 8.34. The highest BCUT2D eigenvalue weighted by atomic mass is 16.7. The van der Waals surface area contributed by atoms with Crippen molar-refractivity contribution in [2.75, 3.05) is 30.9 Å². The van der Waals surface area contributed by atoms with Gasteiger partial charge in [-0.25, -0.2) is 9.78 Å². The Bertz CT molecular complexity index is 857. The smallest absolute Gasteiger partial charge is 0.410 e. The van der Waals surface area contributed by atoms with E-state index in [1.807, 2.05) is 0 Å². The number of amides is 2. The van der Waals surface area contributed by atoms with Crippen LogP contribution in [0.1, 0.15) is 6.92 Å². The molecule has 2 amide bonds. The van der Waals surface area contributed by atoms with E-state index < -0.39 is 6.09 Å². The number of hydrogen-bond acceptors (Lipinski definition) is 9. The maximum atomic E-state index is 11.3. The Kier molecular flexibility index (Phi) is 7.66. The summed E-state index contributed by atoms with van der Waals surface area (Å²) in [5, 5.41) is 13.1. The molecule has 1 heterocycles. The quantitative estimate of drug-likeness (QED) is 0.397. The molecule has 0 saturated carbocycles. The lowest BCUT2D eigenvalue weighted by Crippen LogP contribution is -2.25. The van der Waals surface area contributed by atoms with E-state index in [4.69, 9.17) is 20.9 Å². The molecule has 0 atom stereocenters. The number of alkyl carbamates (subject to hydrolysis) is 1. The second kappa shape index (κ2) is 10.4. The van der Waals surface area contributed by atoms with Gasteiger partial charge in [0, 0.05) is 6.54 Å². The summed E-state index contributed by atoms with van der Waals surface area (Å²) >= 11 is 0. The van der Waals surface area contributed by atoms with Gasteiger partial charge < -0.3 is 31.6 Å². The number of azo groups is 1. The minimum absolute atomic E-state index is 0.0801. The molecule has 1 aromatic carbocycles. The summed E-state index contributed by atoms with van der Waals surface area (Å²) in [4.78, 5) is 26.6. The molecule has 1 aromatic heterocycles. The number of nitrogens with two attached hydrogens (primary N) is 2. The van der Waals surface area contributed by atoms with Crippen molar-refractivity contribution in [2.45, 2.75) is 6.92 Å². The lowest BCUT2D eigenvalue weighted by atomic mass is 10.3. The van der Waals surface area contributed by atoms with Crippen molar-refractivity contribution in [2.24, 2.45) is 16.0 Å². The third kappa shape index (κ3) is 6.21. The van der Waals surface area contributed by atoms with Crippen molar-refractivity contribution in [3.63, 3.8) is 0 Å². The number of nitrogens with zero attached hydrogens (tertiary/aromatic N) is 3. The zero-order chi connectivity index (χ0) is 20.4. The van der Waals surface area contributed by atoms with Gasteiger partial charge in [-0.3, -0.25) is 4.79 Å². The number of para-hydroxylation sites is 1.